The monoisotopic (exact) mass is 347 g/mol. The lowest BCUT2D eigenvalue weighted by atomic mass is 10.0. The topological polar surface area (TPSA) is 55.4 Å². The Morgan fingerprint density at radius 3 is 2.63 bits per heavy atom. The van der Waals surface area contributed by atoms with E-state index in [1.807, 2.05) is 0 Å². The number of sulfonamides is 1. The highest BCUT2D eigenvalue weighted by atomic mass is 79.9. The van der Waals surface area contributed by atoms with Gasteiger partial charge in [0.25, 0.3) is 0 Å². The summed E-state index contributed by atoms with van der Waals surface area (Å²) in [6.07, 6.45) is 3.03. The number of hydrogen-bond donors (Lipinski definition) is 1. The fourth-order valence-electron chi connectivity index (χ4n) is 2.00. The molecular formula is C13H18BrNO3S. The van der Waals surface area contributed by atoms with Crippen LogP contribution in [-0.4, -0.2) is 28.7 Å². The third-order valence-corrected chi connectivity index (χ3v) is 5.97. The number of methoxy groups -OCH3 is 1. The third-order valence-electron chi connectivity index (χ3n) is 3.56. The van der Waals surface area contributed by atoms with E-state index in [4.69, 9.17) is 4.74 Å². The molecule has 1 N–H and O–H groups in total. The van der Waals surface area contributed by atoms with Gasteiger partial charge in [0.15, 0.2) is 0 Å². The summed E-state index contributed by atoms with van der Waals surface area (Å²) in [5.41, 5.74) is 0.102. The molecule has 4 nitrogen and oxygen atoms in total. The first-order chi connectivity index (χ1) is 8.99. The lowest BCUT2D eigenvalue weighted by Gasteiger charge is -2.16. The summed E-state index contributed by atoms with van der Waals surface area (Å²) in [6.45, 7) is 1.16. The zero-order valence-electron chi connectivity index (χ0n) is 10.9. The average molecular weight is 348 g/mol. The van der Waals surface area contributed by atoms with E-state index in [2.05, 4.69) is 20.7 Å². The maximum Gasteiger partial charge on any atom is 0.241 e. The van der Waals surface area contributed by atoms with Crippen molar-refractivity contribution in [2.75, 3.05) is 20.3 Å². The zero-order chi connectivity index (χ0) is 13.9. The van der Waals surface area contributed by atoms with Crippen LogP contribution in [0.2, 0.25) is 0 Å². The molecule has 6 heteroatoms. The lowest BCUT2D eigenvalue weighted by molar-refractivity contribution is 0.173. The molecular weight excluding hydrogens is 330 g/mol. The zero-order valence-corrected chi connectivity index (χ0v) is 13.3. The van der Waals surface area contributed by atoms with Crippen molar-refractivity contribution < 1.29 is 13.2 Å². The van der Waals surface area contributed by atoms with Crippen LogP contribution in [0.5, 0.6) is 0 Å². The van der Waals surface area contributed by atoms with Gasteiger partial charge in [-0.2, -0.15) is 0 Å². The molecule has 1 aliphatic rings. The van der Waals surface area contributed by atoms with E-state index < -0.39 is 10.0 Å². The summed E-state index contributed by atoms with van der Waals surface area (Å²) in [5.74, 6) is 0. The van der Waals surface area contributed by atoms with Crippen molar-refractivity contribution in [3.8, 4) is 0 Å². The minimum atomic E-state index is -3.45. The first-order valence-corrected chi connectivity index (χ1v) is 8.50. The summed E-state index contributed by atoms with van der Waals surface area (Å²) >= 11 is 3.27. The summed E-state index contributed by atoms with van der Waals surface area (Å²) < 4.78 is 32.8. The molecule has 2 rings (SSSR count). The fourth-order valence-corrected chi connectivity index (χ4v) is 4.16. The molecule has 1 aliphatic carbocycles. The van der Waals surface area contributed by atoms with Crippen molar-refractivity contribution in [1.82, 2.24) is 4.72 Å². The van der Waals surface area contributed by atoms with E-state index in [1.165, 1.54) is 0 Å². The van der Waals surface area contributed by atoms with Crippen LogP contribution in [0.4, 0.5) is 0 Å². The van der Waals surface area contributed by atoms with Gasteiger partial charge < -0.3 is 4.74 Å². The molecule has 0 saturated heterocycles. The molecule has 0 spiro atoms. The third kappa shape index (κ3) is 3.78. The van der Waals surface area contributed by atoms with E-state index in [9.17, 15) is 8.42 Å². The summed E-state index contributed by atoms with van der Waals surface area (Å²) in [7, 11) is -1.78. The molecule has 0 heterocycles. The maximum atomic E-state index is 12.2. The quantitative estimate of drug-likeness (QED) is 0.824. The summed E-state index contributed by atoms with van der Waals surface area (Å²) in [5, 5.41) is 0. The van der Waals surface area contributed by atoms with Crippen LogP contribution < -0.4 is 4.72 Å². The van der Waals surface area contributed by atoms with Gasteiger partial charge in [0.05, 0.1) is 4.90 Å². The Labute approximate surface area is 122 Å². The van der Waals surface area contributed by atoms with Gasteiger partial charge in [-0.1, -0.05) is 12.1 Å². The Hall–Kier alpha value is -0.430. The van der Waals surface area contributed by atoms with E-state index in [0.717, 1.165) is 19.3 Å². The lowest BCUT2D eigenvalue weighted by Crippen LogP contribution is -2.31. The van der Waals surface area contributed by atoms with Crippen molar-refractivity contribution in [2.45, 2.75) is 24.2 Å². The Morgan fingerprint density at radius 2 is 2.05 bits per heavy atom. The molecule has 0 unspecified atom stereocenters. The number of benzene rings is 1. The molecule has 1 aromatic carbocycles. The van der Waals surface area contributed by atoms with Gasteiger partial charge in [0.2, 0.25) is 10.0 Å². The normalized spacial score (nSPS) is 17.4. The van der Waals surface area contributed by atoms with Gasteiger partial charge in [-0.15, -0.1) is 0 Å². The SMILES string of the molecule is COCCC1(CNS(=O)(=O)c2ccccc2Br)CC1. The molecule has 0 amide bonds. The smallest absolute Gasteiger partial charge is 0.241 e. The van der Waals surface area contributed by atoms with Crippen LogP contribution in [0.15, 0.2) is 33.6 Å². The minimum absolute atomic E-state index is 0.102. The minimum Gasteiger partial charge on any atom is -0.385 e. The van der Waals surface area contributed by atoms with Crippen LogP contribution in [0.3, 0.4) is 0 Å². The van der Waals surface area contributed by atoms with Crippen molar-refractivity contribution in [3.63, 3.8) is 0 Å². The van der Waals surface area contributed by atoms with Crippen LogP contribution in [-0.2, 0) is 14.8 Å². The molecule has 0 atom stereocenters. The summed E-state index contributed by atoms with van der Waals surface area (Å²) in [6, 6.07) is 6.84. The average Bonchev–Trinajstić information content (AvgIpc) is 3.15. The molecule has 106 valence electrons. The first-order valence-electron chi connectivity index (χ1n) is 6.22. The molecule has 1 saturated carbocycles. The first kappa shape index (κ1) is 15.0. The van der Waals surface area contributed by atoms with Crippen molar-refractivity contribution in [1.29, 1.82) is 0 Å². The number of halogens is 1. The van der Waals surface area contributed by atoms with Gasteiger partial charge in [0.1, 0.15) is 0 Å². The predicted octanol–water partition coefficient (Wildman–Crippen LogP) is 2.54. The Balaban J connectivity index is 2.01. The molecule has 0 aromatic heterocycles. The van der Waals surface area contributed by atoms with Crippen LogP contribution >= 0.6 is 15.9 Å². The molecule has 1 aromatic rings. The Bertz CT molecular complexity index is 541. The highest BCUT2D eigenvalue weighted by Crippen LogP contribution is 2.48. The predicted molar refractivity (Wildman–Crippen MR) is 77.5 cm³/mol. The molecule has 1 fully saturated rings. The second-order valence-corrected chi connectivity index (χ2v) is 7.59. The maximum absolute atomic E-state index is 12.2. The van der Waals surface area contributed by atoms with Crippen molar-refractivity contribution in [2.24, 2.45) is 5.41 Å². The number of hydrogen-bond acceptors (Lipinski definition) is 3. The van der Waals surface area contributed by atoms with Crippen LogP contribution in [0.25, 0.3) is 0 Å². The van der Waals surface area contributed by atoms with Gasteiger partial charge in [-0.3, -0.25) is 0 Å². The second kappa shape index (κ2) is 5.91. The standard InChI is InChI=1S/C13H18BrNO3S/c1-18-9-8-13(6-7-13)10-15-19(16,17)12-5-3-2-4-11(12)14/h2-5,15H,6-10H2,1H3. The highest BCUT2D eigenvalue weighted by molar-refractivity contribution is 9.10. The molecule has 0 radical (unpaired) electrons. The fraction of sp³-hybridized carbons (Fsp3) is 0.538. The van der Waals surface area contributed by atoms with Crippen LogP contribution in [0.1, 0.15) is 19.3 Å². The number of rotatable bonds is 7. The van der Waals surface area contributed by atoms with Gasteiger partial charge >= 0.3 is 0 Å². The Kier molecular flexibility index (Phi) is 4.66. The van der Waals surface area contributed by atoms with Gasteiger partial charge in [-0.05, 0) is 52.7 Å². The van der Waals surface area contributed by atoms with Crippen LogP contribution in [0, 0.1) is 5.41 Å². The Morgan fingerprint density at radius 1 is 1.37 bits per heavy atom. The number of nitrogens with one attached hydrogen (secondary N) is 1. The van der Waals surface area contributed by atoms with Crippen molar-refractivity contribution >= 4 is 26.0 Å². The van der Waals surface area contributed by atoms with E-state index in [0.29, 0.717) is 17.6 Å². The van der Waals surface area contributed by atoms with Crippen molar-refractivity contribution in [3.05, 3.63) is 28.7 Å². The largest absolute Gasteiger partial charge is 0.385 e. The summed E-state index contributed by atoms with van der Waals surface area (Å²) in [4.78, 5) is 0.289. The molecule has 19 heavy (non-hydrogen) atoms. The molecule has 0 bridgehead atoms. The second-order valence-electron chi connectivity index (χ2n) is 5.00. The van der Waals surface area contributed by atoms with E-state index in [1.54, 1.807) is 31.4 Å². The van der Waals surface area contributed by atoms with Gasteiger partial charge in [0, 0.05) is 24.7 Å². The van der Waals surface area contributed by atoms with E-state index in [-0.39, 0.29) is 10.3 Å². The van der Waals surface area contributed by atoms with Gasteiger partial charge in [-0.25, -0.2) is 13.1 Å². The molecule has 0 aliphatic heterocycles. The highest BCUT2D eigenvalue weighted by Gasteiger charge is 2.42. The number of ether oxygens (including phenoxy) is 1. The van der Waals surface area contributed by atoms with E-state index >= 15 is 0 Å².